The fourth-order valence-electron chi connectivity index (χ4n) is 3.02. The third-order valence-corrected chi connectivity index (χ3v) is 4.48. The fourth-order valence-corrected chi connectivity index (χ4v) is 3.43. The molecule has 1 aliphatic carbocycles. The van der Waals surface area contributed by atoms with Crippen molar-refractivity contribution < 1.29 is 9.21 Å². The molecule has 1 saturated heterocycles. The Morgan fingerprint density at radius 3 is 2.62 bits per heavy atom. The highest BCUT2D eigenvalue weighted by Gasteiger charge is 2.38. The number of nitrogens with zero attached hydrogens (tertiary/aromatic N) is 1. The van der Waals surface area contributed by atoms with Crippen molar-refractivity contribution in [3.63, 3.8) is 0 Å². The van der Waals surface area contributed by atoms with E-state index in [-0.39, 0.29) is 5.91 Å². The second-order valence-electron chi connectivity index (χ2n) is 4.77. The Bertz CT molecular complexity index is 403. The highest BCUT2D eigenvalue weighted by atomic mass is 79.9. The van der Waals surface area contributed by atoms with Gasteiger partial charge in [-0.1, -0.05) is 6.42 Å². The fraction of sp³-hybridized carbons (Fsp3) is 0.583. The van der Waals surface area contributed by atoms with Crippen molar-refractivity contribution in [1.29, 1.82) is 0 Å². The first kappa shape index (κ1) is 10.4. The molecule has 4 heteroatoms. The Labute approximate surface area is 103 Å². The number of amides is 1. The first-order valence-corrected chi connectivity index (χ1v) is 6.57. The van der Waals surface area contributed by atoms with E-state index in [4.69, 9.17) is 4.42 Å². The van der Waals surface area contributed by atoms with E-state index in [1.54, 1.807) is 12.3 Å². The predicted molar refractivity (Wildman–Crippen MR) is 63.1 cm³/mol. The molecule has 2 heterocycles. The molecule has 1 saturated carbocycles. The number of furan rings is 1. The highest BCUT2D eigenvalue weighted by Crippen LogP contribution is 2.38. The Morgan fingerprint density at radius 2 is 2.06 bits per heavy atom. The maximum absolute atomic E-state index is 12.2. The second-order valence-corrected chi connectivity index (χ2v) is 5.49. The summed E-state index contributed by atoms with van der Waals surface area (Å²) in [5, 5.41) is 0. The zero-order valence-corrected chi connectivity index (χ0v) is 10.6. The van der Waals surface area contributed by atoms with E-state index in [2.05, 4.69) is 15.9 Å². The molecule has 1 aromatic rings. The van der Waals surface area contributed by atoms with Crippen LogP contribution in [0.4, 0.5) is 0 Å². The number of fused-ring (bicyclic) bond motifs is 1. The van der Waals surface area contributed by atoms with Gasteiger partial charge in [-0.25, -0.2) is 0 Å². The van der Waals surface area contributed by atoms with Crippen LogP contribution in [0.15, 0.2) is 21.4 Å². The van der Waals surface area contributed by atoms with E-state index in [1.807, 2.05) is 4.90 Å². The van der Waals surface area contributed by atoms with Crippen molar-refractivity contribution in [2.24, 2.45) is 11.8 Å². The summed E-state index contributed by atoms with van der Waals surface area (Å²) < 4.78 is 5.66. The number of hydrogen-bond acceptors (Lipinski definition) is 2. The molecule has 0 spiro atoms. The summed E-state index contributed by atoms with van der Waals surface area (Å²) in [6.45, 7) is 1.86. The minimum Gasteiger partial charge on any atom is -0.457 e. The van der Waals surface area contributed by atoms with Crippen LogP contribution in [0.25, 0.3) is 0 Å². The molecule has 1 aromatic heterocycles. The van der Waals surface area contributed by atoms with Crippen LogP contribution in [-0.4, -0.2) is 23.9 Å². The van der Waals surface area contributed by atoms with Crippen molar-refractivity contribution in [2.75, 3.05) is 13.1 Å². The SMILES string of the molecule is O=C(c1ccoc1Br)N1CC2CCCC2C1. The lowest BCUT2D eigenvalue weighted by Crippen LogP contribution is -2.29. The molecule has 1 amide bonds. The lowest BCUT2D eigenvalue weighted by Gasteiger charge is -2.16. The van der Waals surface area contributed by atoms with Crippen molar-refractivity contribution in [3.8, 4) is 0 Å². The van der Waals surface area contributed by atoms with Crippen LogP contribution < -0.4 is 0 Å². The monoisotopic (exact) mass is 283 g/mol. The van der Waals surface area contributed by atoms with Crippen LogP contribution in [0.5, 0.6) is 0 Å². The molecule has 2 atom stereocenters. The highest BCUT2D eigenvalue weighted by molar-refractivity contribution is 9.10. The van der Waals surface area contributed by atoms with Crippen molar-refractivity contribution >= 4 is 21.8 Å². The smallest absolute Gasteiger partial charge is 0.258 e. The molecular weight excluding hydrogens is 270 g/mol. The minimum atomic E-state index is 0.107. The Hall–Kier alpha value is -0.770. The quantitative estimate of drug-likeness (QED) is 0.794. The number of hydrogen-bond donors (Lipinski definition) is 0. The molecule has 0 radical (unpaired) electrons. The van der Waals surface area contributed by atoms with Crippen LogP contribution in [0.2, 0.25) is 0 Å². The van der Waals surface area contributed by atoms with Crippen molar-refractivity contribution in [3.05, 3.63) is 22.6 Å². The number of carbonyl (C=O) groups excluding carboxylic acids is 1. The van der Waals surface area contributed by atoms with Crippen LogP contribution in [0.3, 0.4) is 0 Å². The summed E-state index contributed by atoms with van der Waals surface area (Å²) in [6.07, 6.45) is 5.48. The summed E-state index contributed by atoms with van der Waals surface area (Å²) in [5.74, 6) is 1.60. The van der Waals surface area contributed by atoms with Gasteiger partial charge in [-0.2, -0.15) is 0 Å². The molecule has 2 unspecified atom stereocenters. The van der Waals surface area contributed by atoms with Gasteiger partial charge < -0.3 is 9.32 Å². The maximum Gasteiger partial charge on any atom is 0.258 e. The minimum absolute atomic E-state index is 0.107. The van der Waals surface area contributed by atoms with Crippen LogP contribution >= 0.6 is 15.9 Å². The first-order chi connectivity index (χ1) is 7.75. The number of likely N-dealkylation sites (tertiary alicyclic amines) is 1. The Balaban J connectivity index is 1.75. The largest absolute Gasteiger partial charge is 0.457 e. The van der Waals surface area contributed by atoms with E-state index in [0.717, 1.165) is 24.9 Å². The van der Waals surface area contributed by atoms with Crippen molar-refractivity contribution in [2.45, 2.75) is 19.3 Å². The zero-order chi connectivity index (χ0) is 11.1. The van der Waals surface area contributed by atoms with E-state index >= 15 is 0 Å². The first-order valence-electron chi connectivity index (χ1n) is 5.78. The van der Waals surface area contributed by atoms with Gasteiger partial charge >= 0.3 is 0 Å². The van der Waals surface area contributed by atoms with E-state index < -0.39 is 0 Å². The molecule has 1 aliphatic heterocycles. The van der Waals surface area contributed by atoms with Crippen molar-refractivity contribution in [1.82, 2.24) is 4.90 Å². The summed E-state index contributed by atoms with van der Waals surface area (Å²) in [5.41, 5.74) is 0.653. The molecular formula is C12H14BrNO2. The van der Waals surface area contributed by atoms with Gasteiger partial charge in [0.05, 0.1) is 11.8 Å². The zero-order valence-electron chi connectivity index (χ0n) is 8.99. The molecule has 0 aromatic carbocycles. The third kappa shape index (κ3) is 1.59. The number of rotatable bonds is 1. The number of halogens is 1. The van der Waals surface area contributed by atoms with Gasteiger partial charge in [0.25, 0.3) is 5.91 Å². The van der Waals surface area contributed by atoms with E-state index in [0.29, 0.717) is 10.2 Å². The average Bonchev–Trinajstić information content (AvgIpc) is 2.89. The predicted octanol–water partition coefficient (Wildman–Crippen LogP) is 2.91. The maximum atomic E-state index is 12.2. The lowest BCUT2D eigenvalue weighted by atomic mass is 10.0. The van der Waals surface area contributed by atoms with Gasteiger partial charge in [0.2, 0.25) is 0 Å². The lowest BCUT2D eigenvalue weighted by molar-refractivity contribution is 0.0778. The molecule has 16 heavy (non-hydrogen) atoms. The number of carbonyl (C=O) groups is 1. The van der Waals surface area contributed by atoms with Crippen LogP contribution in [0, 0.1) is 11.8 Å². The van der Waals surface area contributed by atoms with Crippen LogP contribution in [0.1, 0.15) is 29.6 Å². The standard InChI is InChI=1S/C12H14BrNO2/c13-11-10(4-5-16-11)12(15)14-6-8-2-1-3-9(8)7-14/h4-5,8-9H,1-3,6-7H2. The van der Waals surface area contributed by atoms with Gasteiger partial charge in [0.15, 0.2) is 4.67 Å². The summed E-state index contributed by atoms with van der Waals surface area (Å²) in [4.78, 5) is 14.2. The van der Waals surface area contributed by atoms with E-state index in [9.17, 15) is 4.79 Å². The topological polar surface area (TPSA) is 33.5 Å². The third-order valence-electron chi connectivity index (χ3n) is 3.86. The molecule has 2 fully saturated rings. The molecule has 3 rings (SSSR count). The summed E-state index contributed by atoms with van der Waals surface area (Å²) >= 11 is 3.26. The normalized spacial score (nSPS) is 28.4. The average molecular weight is 284 g/mol. The second kappa shape index (κ2) is 3.91. The molecule has 3 nitrogen and oxygen atoms in total. The van der Waals surface area contributed by atoms with Gasteiger partial charge in [-0.05, 0) is 46.7 Å². The molecule has 2 aliphatic rings. The summed E-state index contributed by atoms with van der Waals surface area (Å²) in [6, 6.07) is 1.74. The van der Waals surface area contributed by atoms with E-state index in [1.165, 1.54) is 19.3 Å². The molecule has 86 valence electrons. The molecule has 0 N–H and O–H groups in total. The Morgan fingerprint density at radius 1 is 1.38 bits per heavy atom. The summed E-state index contributed by atoms with van der Waals surface area (Å²) in [7, 11) is 0. The van der Waals surface area contributed by atoms with Gasteiger partial charge in [0, 0.05) is 13.1 Å². The van der Waals surface area contributed by atoms with Gasteiger partial charge in [-0.15, -0.1) is 0 Å². The van der Waals surface area contributed by atoms with Crippen LogP contribution in [-0.2, 0) is 0 Å². The van der Waals surface area contributed by atoms with Gasteiger partial charge in [-0.3, -0.25) is 4.79 Å². The Kier molecular flexibility index (Phi) is 2.54. The molecule has 0 bridgehead atoms. The van der Waals surface area contributed by atoms with Gasteiger partial charge in [0.1, 0.15) is 0 Å².